The summed E-state index contributed by atoms with van der Waals surface area (Å²) in [6.07, 6.45) is 0. The molecule has 36 heavy (non-hydrogen) atoms. The Labute approximate surface area is 235 Å². The first-order valence-corrected chi connectivity index (χ1v) is 19.5. The predicted octanol–water partition coefficient (Wildman–Crippen LogP) is 6.91. The summed E-state index contributed by atoms with van der Waals surface area (Å²) in [5.74, 6) is 13.7. The summed E-state index contributed by atoms with van der Waals surface area (Å²) in [7, 11) is -4.49. The maximum atomic E-state index is 6.33. The van der Waals surface area contributed by atoms with Crippen molar-refractivity contribution in [3.8, 4) is 23.7 Å². The highest BCUT2D eigenvalue weighted by Crippen LogP contribution is 2.18. The van der Waals surface area contributed by atoms with Gasteiger partial charge in [-0.1, -0.05) is 47.9 Å². The highest BCUT2D eigenvalue weighted by Gasteiger charge is 2.33. The van der Waals surface area contributed by atoms with Gasteiger partial charge in [0, 0.05) is 44.4 Å². The fraction of sp³-hybridized carbons (Fsp3) is 0.267. The Bertz CT molecular complexity index is 1250. The van der Waals surface area contributed by atoms with Gasteiger partial charge in [-0.05, 0) is 119 Å². The van der Waals surface area contributed by atoms with Crippen LogP contribution < -0.4 is 10.4 Å². The van der Waals surface area contributed by atoms with Crippen LogP contribution in [0.4, 0.5) is 0 Å². The van der Waals surface area contributed by atoms with Gasteiger partial charge < -0.3 is 8.85 Å². The quantitative estimate of drug-likeness (QED) is 0.216. The molecule has 2 nitrogen and oxygen atoms in total. The monoisotopic (exact) mass is 638 g/mol. The second kappa shape index (κ2) is 12.6. The summed E-state index contributed by atoms with van der Waals surface area (Å²) < 4.78 is 14.6. The van der Waals surface area contributed by atoms with Gasteiger partial charge in [-0.2, -0.15) is 0 Å². The summed E-state index contributed by atoms with van der Waals surface area (Å²) in [5.41, 5.74) is 3.91. The Morgan fingerprint density at radius 1 is 0.583 bits per heavy atom. The van der Waals surface area contributed by atoms with Gasteiger partial charge in [0.2, 0.25) is 16.6 Å². The Morgan fingerprint density at radius 2 is 0.917 bits per heavy atom. The summed E-state index contributed by atoms with van der Waals surface area (Å²) in [4.78, 5) is 0. The number of benzene rings is 3. The van der Waals surface area contributed by atoms with Crippen LogP contribution in [0.25, 0.3) is 0 Å². The normalized spacial score (nSPS) is 11.3. The van der Waals surface area contributed by atoms with Crippen molar-refractivity contribution in [2.75, 3.05) is 13.2 Å². The molecule has 0 unspecified atom stereocenters. The van der Waals surface area contributed by atoms with E-state index in [1.54, 1.807) is 0 Å². The van der Waals surface area contributed by atoms with E-state index in [9.17, 15) is 0 Å². The topological polar surface area (TPSA) is 18.5 Å². The molecule has 0 saturated carbocycles. The first kappa shape index (κ1) is 28.7. The summed E-state index contributed by atoms with van der Waals surface area (Å²) in [5, 5.41) is 2.32. The molecular formula is C30H32Br2O2Si2. The first-order chi connectivity index (χ1) is 17.1. The maximum absolute atomic E-state index is 6.33. The minimum absolute atomic E-state index is 0.662. The van der Waals surface area contributed by atoms with E-state index in [0.29, 0.717) is 13.2 Å². The molecule has 0 saturated heterocycles. The zero-order valence-corrected chi connectivity index (χ0v) is 26.9. The van der Waals surface area contributed by atoms with E-state index in [4.69, 9.17) is 8.85 Å². The molecule has 0 aliphatic carbocycles. The van der Waals surface area contributed by atoms with Crippen molar-refractivity contribution in [1.29, 1.82) is 0 Å². The average Bonchev–Trinajstić information content (AvgIpc) is 2.83. The van der Waals surface area contributed by atoms with Crippen molar-refractivity contribution >= 4 is 58.9 Å². The zero-order valence-electron chi connectivity index (χ0n) is 21.8. The third-order valence-corrected chi connectivity index (χ3v) is 12.7. The molecule has 0 N–H and O–H groups in total. The fourth-order valence-corrected chi connectivity index (χ4v) is 9.15. The summed E-state index contributed by atoms with van der Waals surface area (Å²) >= 11 is 7.25. The molecule has 0 atom stereocenters. The van der Waals surface area contributed by atoms with Crippen molar-refractivity contribution in [3.63, 3.8) is 0 Å². The minimum Gasteiger partial charge on any atom is -0.413 e. The van der Waals surface area contributed by atoms with Crippen molar-refractivity contribution in [2.24, 2.45) is 0 Å². The Hall–Kier alpha value is -1.91. The molecule has 0 aliphatic heterocycles. The highest BCUT2D eigenvalue weighted by atomic mass is 79.9. The van der Waals surface area contributed by atoms with E-state index in [1.807, 2.05) is 62.4 Å². The van der Waals surface area contributed by atoms with E-state index < -0.39 is 16.6 Å². The summed E-state index contributed by atoms with van der Waals surface area (Å²) in [6.45, 7) is 14.3. The average molecular weight is 641 g/mol. The van der Waals surface area contributed by atoms with Gasteiger partial charge >= 0.3 is 0 Å². The van der Waals surface area contributed by atoms with Crippen molar-refractivity contribution in [2.45, 2.75) is 40.0 Å². The fourth-order valence-electron chi connectivity index (χ4n) is 4.07. The number of rotatable bonds is 6. The molecule has 3 rings (SSSR count). The lowest BCUT2D eigenvalue weighted by molar-refractivity contribution is 0.338. The molecule has 0 aliphatic rings. The Balaban J connectivity index is 2.30. The third-order valence-electron chi connectivity index (χ3n) is 5.88. The smallest absolute Gasteiger partial charge is 0.219 e. The van der Waals surface area contributed by atoms with Gasteiger partial charge in [0.15, 0.2) is 0 Å². The lowest BCUT2D eigenvalue weighted by atomic mass is 10.1. The predicted molar refractivity (Wildman–Crippen MR) is 164 cm³/mol. The SMILES string of the molecule is CCO[Si](C)(C)c1cc(C#Cc2ccccc2Br)c([Si](C)(C)OCC)cc1C#Cc1ccccc1Br. The van der Waals surface area contributed by atoms with Gasteiger partial charge in [-0.25, -0.2) is 0 Å². The number of hydrogen-bond donors (Lipinski definition) is 0. The number of halogens is 2. The van der Waals surface area contributed by atoms with Crippen molar-refractivity contribution in [3.05, 3.63) is 91.9 Å². The molecule has 0 fully saturated rings. The third kappa shape index (κ3) is 7.10. The standard InChI is InChI=1S/C30H32Br2O2Si2/c1-7-33-35(3,4)29-21-26(20-18-24-14-10-12-16-28(24)32)30(36(5,6)34-8-2)22-25(29)19-17-23-13-9-11-15-27(23)31/h9-16,21-22H,7-8H2,1-6H3. The van der Waals surface area contributed by atoms with Gasteiger partial charge in [0.1, 0.15) is 0 Å². The van der Waals surface area contributed by atoms with Crippen LogP contribution in [0, 0.1) is 23.7 Å². The van der Waals surface area contributed by atoms with Crippen LogP contribution in [0.1, 0.15) is 36.1 Å². The van der Waals surface area contributed by atoms with Crippen molar-refractivity contribution in [1.82, 2.24) is 0 Å². The van der Waals surface area contributed by atoms with Crippen LogP contribution in [-0.4, -0.2) is 29.8 Å². The largest absolute Gasteiger partial charge is 0.413 e. The van der Waals surface area contributed by atoms with Crippen LogP contribution in [0.2, 0.25) is 26.2 Å². The van der Waals surface area contributed by atoms with Crippen LogP contribution in [-0.2, 0) is 8.85 Å². The molecular weight excluding hydrogens is 608 g/mol. The summed E-state index contributed by atoms with van der Waals surface area (Å²) in [6, 6.07) is 20.5. The Morgan fingerprint density at radius 3 is 1.25 bits per heavy atom. The molecule has 0 aromatic heterocycles. The number of hydrogen-bond acceptors (Lipinski definition) is 2. The molecule has 0 heterocycles. The molecule has 0 amide bonds. The minimum atomic E-state index is -2.24. The lowest BCUT2D eigenvalue weighted by Crippen LogP contribution is -2.51. The first-order valence-electron chi connectivity index (χ1n) is 12.1. The molecule has 0 bridgehead atoms. The zero-order chi connectivity index (χ0) is 26.3. The van der Waals surface area contributed by atoms with E-state index in [-0.39, 0.29) is 0 Å². The molecule has 3 aromatic rings. The Kier molecular flexibility index (Phi) is 10.0. The van der Waals surface area contributed by atoms with Crippen molar-refractivity contribution < 1.29 is 8.85 Å². The molecule has 0 radical (unpaired) electrons. The molecule has 186 valence electrons. The molecule has 3 aromatic carbocycles. The second-order valence-electron chi connectivity index (χ2n) is 9.29. The van der Waals surface area contributed by atoms with E-state index in [0.717, 1.165) is 41.6 Å². The van der Waals surface area contributed by atoms with Crippen LogP contribution >= 0.6 is 31.9 Å². The second-order valence-corrected chi connectivity index (χ2v) is 18.7. The van der Waals surface area contributed by atoms with Crippen LogP contribution in [0.5, 0.6) is 0 Å². The van der Waals surface area contributed by atoms with Gasteiger partial charge in [-0.15, -0.1) is 0 Å². The molecule has 6 heteroatoms. The van der Waals surface area contributed by atoms with E-state index >= 15 is 0 Å². The van der Waals surface area contributed by atoms with Gasteiger partial charge in [0.05, 0.1) is 0 Å². The van der Waals surface area contributed by atoms with Crippen LogP contribution in [0.15, 0.2) is 69.6 Å². The highest BCUT2D eigenvalue weighted by molar-refractivity contribution is 9.10. The van der Waals surface area contributed by atoms with E-state index in [2.05, 4.69) is 93.9 Å². The van der Waals surface area contributed by atoms with Crippen LogP contribution in [0.3, 0.4) is 0 Å². The van der Waals surface area contributed by atoms with E-state index in [1.165, 1.54) is 0 Å². The molecule has 0 spiro atoms. The maximum Gasteiger partial charge on any atom is 0.219 e. The lowest BCUT2D eigenvalue weighted by Gasteiger charge is -2.28. The van der Waals surface area contributed by atoms with Gasteiger partial charge in [0.25, 0.3) is 0 Å². The van der Waals surface area contributed by atoms with Gasteiger partial charge in [-0.3, -0.25) is 0 Å².